The lowest BCUT2D eigenvalue weighted by Crippen LogP contribution is -2.47. The Bertz CT molecular complexity index is 1100. The summed E-state index contributed by atoms with van der Waals surface area (Å²) in [7, 11) is -2.64. The molecule has 0 bridgehead atoms. The minimum absolute atomic E-state index is 0.0383. The van der Waals surface area contributed by atoms with E-state index in [1.165, 1.54) is 14.0 Å². The molecule has 3 aromatic rings. The van der Waals surface area contributed by atoms with Crippen molar-refractivity contribution >= 4 is 26.9 Å². The van der Waals surface area contributed by atoms with Crippen LogP contribution in [-0.2, 0) is 26.0 Å². The van der Waals surface area contributed by atoms with Crippen LogP contribution in [0, 0.1) is 6.92 Å². The Balaban J connectivity index is 2.15. The van der Waals surface area contributed by atoms with E-state index in [1.54, 1.807) is 48.5 Å². The molecule has 1 aromatic heterocycles. The Morgan fingerprint density at radius 3 is 2.44 bits per heavy atom. The van der Waals surface area contributed by atoms with Crippen LogP contribution in [0.2, 0.25) is 0 Å². The number of aromatic nitrogens is 2. The summed E-state index contributed by atoms with van der Waals surface area (Å²) >= 11 is 0. The largest absolute Gasteiger partial charge is 0.468 e. The molecule has 7 nitrogen and oxygen atoms in total. The SMILES string of the molecule is COC(=O)[C@@](C)(N)Cc1nn(S(=O)(=O)c2ccc(C)cc2)c2ccccc12. The molecule has 1 heterocycles. The number of carbonyl (C=O) groups excluding carboxylic acids is 1. The van der Waals surface area contributed by atoms with Gasteiger partial charge in [0.05, 0.1) is 23.2 Å². The summed E-state index contributed by atoms with van der Waals surface area (Å²) in [6.45, 7) is 3.41. The van der Waals surface area contributed by atoms with Crippen LogP contribution in [0.3, 0.4) is 0 Å². The van der Waals surface area contributed by atoms with Crippen LogP contribution in [-0.4, -0.2) is 36.2 Å². The first-order valence-electron chi connectivity index (χ1n) is 8.33. The first-order chi connectivity index (χ1) is 12.7. The average Bonchev–Trinajstić information content (AvgIpc) is 3.00. The molecule has 3 rings (SSSR count). The number of para-hydroxylation sites is 1. The lowest BCUT2D eigenvalue weighted by molar-refractivity contribution is -0.146. The van der Waals surface area contributed by atoms with E-state index in [0.717, 1.165) is 9.65 Å². The topological polar surface area (TPSA) is 104 Å². The second kappa shape index (κ2) is 6.79. The van der Waals surface area contributed by atoms with Gasteiger partial charge in [-0.25, -0.2) is 0 Å². The number of nitrogens with two attached hydrogens (primary N) is 1. The predicted octanol–water partition coefficient (Wildman–Crippen LogP) is 2.01. The summed E-state index contributed by atoms with van der Waals surface area (Å²) < 4.78 is 31.9. The molecule has 0 aliphatic carbocycles. The molecule has 0 unspecified atom stereocenters. The van der Waals surface area contributed by atoms with E-state index < -0.39 is 21.5 Å². The minimum Gasteiger partial charge on any atom is -0.468 e. The number of benzene rings is 2. The summed E-state index contributed by atoms with van der Waals surface area (Å²) in [5.41, 5.74) is 6.53. The van der Waals surface area contributed by atoms with Crippen LogP contribution in [0.1, 0.15) is 18.2 Å². The van der Waals surface area contributed by atoms with Gasteiger partial charge in [-0.05, 0) is 32.0 Å². The fourth-order valence-corrected chi connectivity index (χ4v) is 4.18. The Morgan fingerprint density at radius 1 is 1.19 bits per heavy atom. The molecule has 2 aromatic carbocycles. The van der Waals surface area contributed by atoms with E-state index in [-0.39, 0.29) is 11.3 Å². The number of methoxy groups -OCH3 is 1. The van der Waals surface area contributed by atoms with Crippen LogP contribution in [0.4, 0.5) is 0 Å². The number of nitrogens with zero attached hydrogens (tertiary/aromatic N) is 2. The van der Waals surface area contributed by atoms with Gasteiger partial charge in [-0.3, -0.25) is 4.79 Å². The van der Waals surface area contributed by atoms with Crippen molar-refractivity contribution in [1.29, 1.82) is 0 Å². The van der Waals surface area contributed by atoms with Gasteiger partial charge in [-0.1, -0.05) is 35.9 Å². The third-order valence-corrected chi connectivity index (χ3v) is 5.97. The Hall–Kier alpha value is -2.71. The summed E-state index contributed by atoms with van der Waals surface area (Å²) in [4.78, 5) is 12.1. The lowest BCUT2D eigenvalue weighted by atomic mass is 9.96. The van der Waals surface area contributed by atoms with E-state index in [4.69, 9.17) is 10.5 Å². The number of carbonyl (C=O) groups is 1. The molecule has 0 spiro atoms. The van der Waals surface area contributed by atoms with Gasteiger partial charge in [0.15, 0.2) is 0 Å². The van der Waals surface area contributed by atoms with Crippen molar-refractivity contribution in [3.8, 4) is 0 Å². The van der Waals surface area contributed by atoms with Crippen LogP contribution in [0.25, 0.3) is 10.9 Å². The first-order valence-corrected chi connectivity index (χ1v) is 9.77. The summed E-state index contributed by atoms with van der Waals surface area (Å²) in [5, 5.41) is 4.92. The fraction of sp³-hybridized carbons (Fsp3) is 0.263. The van der Waals surface area contributed by atoms with Crippen molar-refractivity contribution in [2.24, 2.45) is 5.73 Å². The molecule has 142 valence electrons. The zero-order valence-electron chi connectivity index (χ0n) is 15.3. The maximum Gasteiger partial charge on any atom is 0.325 e. The number of fused-ring (bicyclic) bond motifs is 1. The molecule has 0 radical (unpaired) electrons. The van der Waals surface area contributed by atoms with Crippen molar-refractivity contribution in [2.45, 2.75) is 30.7 Å². The van der Waals surface area contributed by atoms with Crippen LogP contribution < -0.4 is 5.73 Å². The molecule has 0 saturated carbocycles. The molecule has 27 heavy (non-hydrogen) atoms. The number of esters is 1. The van der Waals surface area contributed by atoms with E-state index in [2.05, 4.69) is 5.10 Å². The zero-order chi connectivity index (χ0) is 19.8. The highest BCUT2D eigenvalue weighted by atomic mass is 32.2. The van der Waals surface area contributed by atoms with Crippen molar-refractivity contribution in [3.05, 3.63) is 59.8 Å². The number of ether oxygens (including phenoxy) is 1. The smallest absolute Gasteiger partial charge is 0.325 e. The van der Waals surface area contributed by atoms with Crippen molar-refractivity contribution < 1.29 is 17.9 Å². The predicted molar refractivity (Wildman–Crippen MR) is 102 cm³/mol. The number of aryl methyl sites for hydroxylation is 1. The second-order valence-corrected chi connectivity index (χ2v) is 8.48. The third-order valence-electron chi connectivity index (χ3n) is 4.37. The van der Waals surface area contributed by atoms with Gasteiger partial charge < -0.3 is 10.5 Å². The standard InChI is InChI=1S/C19H21N3O4S/c1-13-8-10-14(11-9-13)27(24,25)22-17-7-5-4-6-15(17)16(21-22)12-19(2,20)18(23)26-3/h4-11H,12,20H2,1-3H3/t19-/m0/s1. The van der Waals surface area contributed by atoms with Crippen LogP contribution in [0.5, 0.6) is 0 Å². The van der Waals surface area contributed by atoms with E-state index >= 15 is 0 Å². The van der Waals surface area contributed by atoms with Gasteiger partial charge in [0, 0.05) is 11.8 Å². The molecule has 1 atom stereocenters. The monoisotopic (exact) mass is 387 g/mol. The minimum atomic E-state index is -3.89. The van der Waals surface area contributed by atoms with E-state index in [0.29, 0.717) is 16.6 Å². The molecule has 0 saturated heterocycles. The molecule has 8 heteroatoms. The van der Waals surface area contributed by atoms with Crippen LogP contribution >= 0.6 is 0 Å². The highest BCUT2D eigenvalue weighted by Crippen LogP contribution is 2.26. The molecule has 0 aliphatic rings. The first kappa shape index (κ1) is 19.1. The van der Waals surface area contributed by atoms with Crippen molar-refractivity contribution in [2.75, 3.05) is 7.11 Å². The quantitative estimate of drug-likeness (QED) is 0.672. The third kappa shape index (κ3) is 3.45. The molecule has 0 aliphatic heterocycles. The molecule has 0 amide bonds. The summed E-state index contributed by atoms with van der Waals surface area (Å²) in [5.74, 6) is -0.595. The number of hydrogen-bond donors (Lipinski definition) is 1. The summed E-state index contributed by atoms with van der Waals surface area (Å²) in [6.07, 6.45) is 0.0383. The lowest BCUT2D eigenvalue weighted by Gasteiger charge is -2.20. The Kier molecular flexibility index (Phi) is 4.79. The van der Waals surface area contributed by atoms with E-state index in [1.807, 2.05) is 6.92 Å². The van der Waals surface area contributed by atoms with Gasteiger partial charge in [0.2, 0.25) is 0 Å². The fourth-order valence-electron chi connectivity index (χ4n) is 2.88. The zero-order valence-corrected chi connectivity index (χ0v) is 16.2. The molecular weight excluding hydrogens is 366 g/mol. The molecule has 2 N–H and O–H groups in total. The van der Waals surface area contributed by atoms with Crippen molar-refractivity contribution in [3.63, 3.8) is 0 Å². The van der Waals surface area contributed by atoms with Gasteiger partial charge in [0.1, 0.15) is 5.54 Å². The highest BCUT2D eigenvalue weighted by molar-refractivity contribution is 7.90. The highest BCUT2D eigenvalue weighted by Gasteiger charge is 2.33. The Morgan fingerprint density at radius 2 is 1.81 bits per heavy atom. The average molecular weight is 387 g/mol. The van der Waals surface area contributed by atoms with Gasteiger partial charge >= 0.3 is 5.97 Å². The molecule has 0 fully saturated rings. The maximum absolute atomic E-state index is 13.1. The number of hydrogen-bond acceptors (Lipinski definition) is 6. The molecular formula is C19H21N3O4S. The Labute approximate surface area is 157 Å². The maximum atomic E-state index is 13.1. The van der Waals surface area contributed by atoms with Gasteiger partial charge in [-0.15, -0.1) is 0 Å². The second-order valence-electron chi connectivity index (χ2n) is 6.71. The van der Waals surface area contributed by atoms with E-state index in [9.17, 15) is 13.2 Å². The van der Waals surface area contributed by atoms with Crippen LogP contribution in [0.15, 0.2) is 53.4 Å². The van der Waals surface area contributed by atoms with Gasteiger partial charge in [-0.2, -0.15) is 17.6 Å². The summed E-state index contributed by atoms with van der Waals surface area (Å²) in [6, 6.07) is 13.5. The van der Waals surface area contributed by atoms with Crippen molar-refractivity contribution in [1.82, 2.24) is 9.19 Å². The van der Waals surface area contributed by atoms with Gasteiger partial charge in [0.25, 0.3) is 10.0 Å². The number of rotatable bonds is 5. The normalized spacial score (nSPS) is 14.1.